The monoisotopic (exact) mass is 251 g/mol. The lowest BCUT2D eigenvalue weighted by atomic mass is 10.1. The van der Waals surface area contributed by atoms with Crippen LogP contribution >= 0.6 is 0 Å². The molecule has 6 nitrogen and oxygen atoms in total. The van der Waals surface area contributed by atoms with Crippen molar-refractivity contribution < 1.29 is 9.72 Å². The first-order valence-corrected chi connectivity index (χ1v) is 5.78. The summed E-state index contributed by atoms with van der Waals surface area (Å²) in [6.07, 6.45) is 0. The first kappa shape index (κ1) is 14.0. The van der Waals surface area contributed by atoms with Gasteiger partial charge >= 0.3 is 0 Å². The zero-order valence-electron chi connectivity index (χ0n) is 10.7. The first-order valence-electron chi connectivity index (χ1n) is 5.78. The summed E-state index contributed by atoms with van der Waals surface area (Å²) in [7, 11) is 0. The van der Waals surface area contributed by atoms with E-state index in [-0.39, 0.29) is 17.6 Å². The highest BCUT2D eigenvalue weighted by Crippen LogP contribution is 2.25. The lowest BCUT2D eigenvalue weighted by Gasteiger charge is -2.10. The average molecular weight is 251 g/mol. The Bertz CT molecular complexity index is 458. The number of nitrogens with zero attached hydrogens (tertiary/aromatic N) is 1. The van der Waals surface area contributed by atoms with Gasteiger partial charge in [0.05, 0.1) is 4.92 Å². The van der Waals surface area contributed by atoms with Crippen molar-refractivity contribution in [2.24, 2.45) is 0 Å². The van der Waals surface area contributed by atoms with E-state index in [0.717, 1.165) is 0 Å². The summed E-state index contributed by atoms with van der Waals surface area (Å²) < 4.78 is 0. The Hall–Kier alpha value is -2.11. The van der Waals surface area contributed by atoms with Gasteiger partial charge in [-0.25, -0.2) is 0 Å². The van der Waals surface area contributed by atoms with Gasteiger partial charge in [-0.15, -0.1) is 0 Å². The van der Waals surface area contributed by atoms with Gasteiger partial charge in [0.15, 0.2) is 0 Å². The van der Waals surface area contributed by atoms with Gasteiger partial charge in [-0.05, 0) is 32.9 Å². The molecule has 0 radical (unpaired) electrons. The predicted octanol–water partition coefficient (Wildman–Crippen LogP) is 2.16. The van der Waals surface area contributed by atoms with Crippen LogP contribution in [0, 0.1) is 10.1 Å². The second kappa shape index (κ2) is 6.00. The van der Waals surface area contributed by atoms with Gasteiger partial charge in [-0.3, -0.25) is 14.9 Å². The highest BCUT2D eigenvalue weighted by atomic mass is 16.6. The molecule has 98 valence electrons. The van der Waals surface area contributed by atoms with E-state index in [1.54, 1.807) is 0 Å². The number of amides is 1. The van der Waals surface area contributed by atoms with Crippen molar-refractivity contribution in [2.75, 3.05) is 11.9 Å². The van der Waals surface area contributed by atoms with E-state index >= 15 is 0 Å². The fraction of sp³-hybridized carbons (Fsp3) is 0.417. The maximum atomic E-state index is 11.8. The molecule has 6 heteroatoms. The van der Waals surface area contributed by atoms with Crippen molar-refractivity contribution in [1.29, 1.82) is 0 Å². The Kier molecular flexibility index (Phi) is 4.65. The molecule has 0 heterocycles. The number of anilines is 1. The molecule has 18 heavy (non-hydrogen) atoms. The third-order valence-corrected chi connectivity index (χ3v) is 2.24. The van der Waals surface area contributed by atoms with E-state index in [4.69, 9.17) is 0 Å². The Balaban J connectivity index is 3.06. The number of nitro benzene ring substituents is 1. The van der Waals surface area contributed by atoms with Gasteiger partial charge in [0.25, 0.3) is 11.6 Å². The minimum absolute atomic E-state index is 0.0234. The van der Waals surface area contributed by atoms with Gasteiger partial charge < -0.3 is 10.6 Å². The van der Waals surface area contributed by atoms with Crippen molar-refractivity contribution >= 4 is 17.3 Å². The number of hydrogen-bond donors (Lipinski definition) is 2. The summed E-state index contributed by atoms with van der Waals surface area (Å²) in [6.45, 7) is 6.10. The zero-order valence-corrected chi connectivity index (χ0v) is 10.7. The summed E-state index contributed by atoms with van der Waals surface area (Å²) in [5, 5.41) is 16.4. The van der Waals surface area contributed by atoms with Crippen LogP contribution in [-0.4, -0.2) is 23.4 Å². The normalized spacial score (nSPS) is 10.2. The van der Waals surface area contributed by atoms with Crippen LogP contribution in [0.5, 0.6) is 0 Å². The molecule has 0 fully saturated rings. The van der Waals surface area contributed by atoms with E-state index in [1.807, 2.05) is 20.8 Å². The molecule has 0 aliphatic heterocycles. The molecule has 0 bridgehead atoms. The molecule has 0 saturated heterocycles. The molecule has 0 aliphatic carbocycles. The fourth-order valence-electron chi connectivity index (χ4n) is 1.51. The van der Waals surface area contributed by atoms with E-state index in [2.05, 4.69) is 10.6 Å². The van der Waals surface area contributed by atoms with Gasteiger partial charge in [-0.2, -0.15) is 0 Å². The number of nitrogens with one attached hydrogen (secondary N) is 2. The highest BCUT2D eigenvalue weighted by Gasteiger charge is 2.16. The molecule has 0 unspecified atom stereocenters. The van der Waals surface area contributed by atoms with Crippen molar-refractivity contribution in [3.8, 4) is 0 Å². The van der Waals surface area contributed by atoms with Crippen molar-refractivity contribution in [2.45, 2.75) is 26.8 Å². The van der Waals surface area contributed by atoms with Crippen molar-refractivity contribution in [3.63, 3.8) is 0 Å². The first-order chi connectivity index (χ1) is 8.45. The summed E-state index contributed by atoms with van der Waals surface area (Å²) in [6, 6.07) is 4.32. The standard InChI is InChI=1S/C12H17N3O3/c1-4-13-10-7-9(12(16)14-8(2)3)5-6-11(10)15(17)18/h5-8,13H,4H2,1-3H3,(H,14,16). The molecule has 1 aromatic carbocycles. The largest absolute Gasteiger partial charge is 0.380 e. The average Bonchev–Trinajstić information content (AvgIpc) is 2.28. The van der Waals surface area contributed by atoms with Crippen LogP contribution in [0.3, 0.4) is 0 Å². The summed E-state index contributed by atoms with van der Waals surface area (Å²) in [4.78, 5) is 22.1. The number of hydrogen-bond acceptors (Lipinski definition) is 4. The van der Waals surface area contributed by atoms with Gasteiger partial charge in [0.2, 0.25) is 0 Å². The molecule has 0 aromatic heterocycles. The smallest absolute Gasteiger partial charge is 0.292 e. The van der Waals surface area contributed by atoms with Crippen LogP contribution in [0.4, 0.5) is 11.4 Å². The molecule has 0 saturated carbocycles. The summed E-state index contributed by atoms with van der Waals surface area (Å²) in [5.41, 5.74) is 0.738. The number of carbonyl (C=O) groups excluding carboxylic acids is 1. The minimum Gasteiger partial charge on any atom is -0.380 e. The maximum Gasteiger partial charge on any atom is 0.292 e. The van der Waals surface area contributed by atoms with E-state index in [9.17, 15) is 14.9 Å². The summed E-state index contributed by atoms with van der Waals surface area (Å²) >= 11 is 0. The molecule has 0 spiro atoms. The van der Waals surface area contributed by atoms with E-state index in [0.29, 0.717) is 17.8 Å². The topological polar surface area (TPSA) is 84.3 Å². The van der Waals surface area contributed by atoms with Crippen molar-refractivity contribution in [1.82, 2.24) is 5.32 Å². The minimum atomic E-state index is -0.470. The predicted molar refractivity (Wildman–Crippen MR) is 69.9 cm³/mol. The quantitative estimate of drug-likeness (QED) is 0.620. The maximum absolute atomic E-state index is 11.8. The van der Waals surface area contributed by atoms with Gasteiger partial charge in [0, 0.05) is 24.2 Å². The van der Waals surface area contributed by atoms with Crippen molar-refractivity contribution in [3.05, 3.63) is 33.9 Å². The number of nitro groups is 1. The highest BCUT2D eigenvalue weighted by molar-refractivity contribution is 5.96. The third kappa shape index (κ3) is 3.44. The van der Waals surface area contributed by atoms with Crippen LogP contribution in [0.15, 0.2) is 18.2 Å². The fourth-order valence-corrected chi connectivity index (χ4v) is 1.51. The van der Waals surface area contributed by atoms with Crippen LogP contribution in [0.2, 0.25) is 0 Å². The van der Waals surface area contributed by atoms with E-state index in [1.165, 1.54) is 18.2 Å². The Morgan fingerprint density at radius 2 is 2.11 bits per heavy atom. The van der Waals surface area contributed by atoms with Gasteiger partial charge in [-0.1, -0.05) is 0 Å². The molecule has 0 aliphatic rings. The summed E-state index contributed by atoms with van der Waals surface area (Å²) in [5.74, 6) is -0.237. The second-order valence-electron chi connectivity index (χ2n) is 4.15. The zero-order chi connectivity index (χ0) is 13.7. The molecule has 2 N–H and O–H groups in total. The molecule has 1 amide bonds. The Morgan fingerprint density at radius 1 is 1.44 bits per heavy atom. The lowest BCUT2D eigenvalue weighted by molar-refractivity contribution is -0.384. The van der Waals surface area contributed by atoms with Crippen LogP contribution in [0.1, 0.15) is 31.1 Å². The number of benzene rings is 1. The van der Waals surface area contributed by atoms with Crippen LogP contribution in [0.25, 0.3) is 0 Å². The number of carbonyl (C=O) groups is 1. The molecule has 0 atom stereocenters. The second-order valence-corrected chi connectivity index (χ2v) is 4.15. The van der Waals surface area contributed by atoms with Crippen LogP contribution in [-0.2, 0) is 0 Å². The Labute approximate surface area is 106 Å². The molecular weight excluding hydrogens is 234 g/mol. The van der Waals surface area contributed by atoms with Crippen LogP contribution < -0.4 is 10.6 Å². The lowest BCUT2D eigenvalue weighted by Crippen LogP contribution is -2.30. The third-order valence-electron chi connectivity index (χ3n) is 2.24. The van der Waals surface area contributed by atoms with E-state index < -0.39 is 4.92 Å². The Morgan fingerprint density at radius 3 is 2.61 bits per heavy atom. The SMILES string of the molecule is CCNc1cc(C(=O)NC(C)C)ccc1[N+](=O)[O-]. The van der Waals surface area contributed by atoms with Gasteiger partial charge in [0.1, 0.15) is 5.69 Å². The number of rotatable bonds is 5. The molecular formula is C12H17N3O3. The molecule has 1 aromatic rings. The molecule has 1 rings (SSSR count).